The van der Waals surface area contributed by atoms with Crippen molar-refractivity contribution in [3.05, 3.63) is 76.3 Å². The highest BCUT2D eigenvalue weighted by Gasteiger charge is 2.25. The molecule has 1 heterocycles. The molecule has 7 nitrogen and oxygen atoms in total. The molecule has 0 fully saturated rings. The number of H-pyrrole nitrogens is 1. The third-order valence-electron chi connectivity index (χ3n) is 5.46. The second-order valence-corrected chi connectivity index (χ2v) is 9.04. The lowest BCUT2D eigenvalue weighted by Crippen LogP contribution is -2.35. The van der Waals surface area contributed by atoms with E-state index in [2.05, 4.69) is 15.3 Å². The maximum Gasteiger partial charge on any atom is 0.223 e. The van der Waals surface area contributed by atoms with Crippen molar-refractivity contribution in [2.75, 3.05) is 26.3 Å². The molecule has 0 saturated carbocycles. The predicted molar refractivity (Wildman–Crippen MR) is 147 cm³/mol. The molecule has 1 unspecified atom stereocenters. The van der Waals surface area contributed by atoms with Crippen molar-refractivity contribution in [2.24, 2.45) is 11.7 Å². The summed E-state index contributed by atoms with van der Waals surface area (Å²) >= 11 is 11.6. The Morgan fingerprint density at radius 3 is 2.31 bits per heavy atom. The second-order valence-electron chi connectivity index (χ2n) is 8.17. The Labute approximate surface area is 228 Å². The minimum atomic E-state index is 0. The summed E-state index contributed by atoms with van der Waals surface area (Å²) < 4.78 is 11.0. The van der Waals surface area contributed by atoms with E-state index in [-0.39, 0.29) is 24.2 Å². The number of nitrogens with zero attached hydrogens (tertiary/aromatic N) is 1. The van der Waals surface area contributed by atoms with Crippen molar-refractivity contribution in [1.82, 2.24) is 15.3 Å². The van der Waals surface area contributed by atoms with E-state index in [0.717, 1.165) is 55.0 Å². The zero-order valence-electron chi connectivity index (χ0n) is 20.1. The third kappa shape index (κ3) is 10.3. The highest BCUT2D eigenvalue weighted by atomic mass is 35.5. The second kappa shape index (κ2) is 16.3. The lowest BCUT2D eigenvalue weighted by molar-refractivity contribution is -0.125. The van der Waals surface area contributed by atoms with Crippen LogP contribution in [0.15, 0.2) is 54.9 Å². The van der Waals surface area contributed by atoms with Crippen LogP contribution in [0.3, 0.4) is 0 Å². The summed E-state index contributed by atoms with van der Waals surface area (Å²) in [6, 6.07) is 14.7. The largest absolute Gasteiger partial charge is 0.493 e. The summed E-state index contributed by atoms with van der Waals surface area (Å²) in [5.41, 5.74) is 7.52. The van der Waals surface area contributed by atoms with Gasteiger partial charge >= 0.3 is 0 Å². The maximum atomic E-state index is 12.2. The van der Waals surface area contributed by atoms with Crippen molar-refractivity contribution >= 4 is 41.5 Å². The van der Waals surface area contributed by atoms with Crippen LogP contribution in [-0.4, -0.2) is 42.2 Å². The van der Waals surface area contributed by atoms with Crippen molar-refractivity contribution in [3.8, 4) is 11.5 Å². The van der Waals surface area contributed by atoms with Crippen LogP contribution in [0.25, 0.3) is 0 Å². The molecule has 4 N–H and O–H groups in total. The molecule has 1 aromatic heterocycles. The Kier molecular flexibility index (Phi) is 13.5. The number of nitrogens with one attached hydrogen (secondary N) is 2. The summed E-state index contributed by atoms with van der Waals surface area (Å²) in [6.45, 7) is 2.47. The molecule has 0 bridgehead atoms. The van der Waals surface area contributed by atoms with Crippen LogP contribution < -0.4 is 20.5 Å². The molecule has 1 aliphatic rings. The van der Waals surface area contributed by atoms with Gasteiger partial charge < -0.3 is 25.5 Å². The number of carbonyl (C=O) groups excluding carboxylic acids is 1. The first-order valence-corrected chi connectivity index (χ1v) is 12.6. The lowest BCUT2D eigenvalue weighted by Gasteiger charge is -2.20. The molecule has 3 aromatic rings. The van der Waals surface area contributed by atoms with Crippen LogP contribution >= 0.6 is 35.6 Å². The number of hydrogen-bond acceptors (Lipinski definition) is 5. The number of amides is 1. The van der Waals surface area contributed by atoms with E-state index in [1.807, 2.05) is 36.4 Å². The highest BCUT2D eigenvalue weighted by Crippen LogP contribution is 2.23. The van der Waals surface area contributed by atoms with Crippen LogP contribution in [0, 0.1) is 5.92 Å². The number of carbonyl (C=O) groups is 1. The predicted octanol–water partition coefficient (Wildman–Crippen LogP) is 5.24. The Bertz CT molecular complexity index is 1060. The summed E-state index contributed by atoms with van der Waals surface area (Å²) in [5.74, 6) is 1.71. The van der Waals surface area contributed by atoms with Gasteiger partial charge in [-0.2, -0.15) is 0 Å². The number of nitrogens with two attached hydrogens (primary N) is 1. The molecule has 0 saturated heterocycles. The van der Waals surface area contributed by atoms with Gasteiger partial charge in [-0.05, 0) is 68.6 Å². The fourth-order valence-electron chi connectivity index (χ4n) is 3.63. The molecule has 36 heavy (non-hydrogen) atoms. The number of aryl methyl sites for hydroxylation is 1. The Morgan fingerprint density at radius 2 is 1.69 bits per heavy atom. The van der Waals surface area contributed by atoms with Gasteiger partial charge in [-0.15, -0.1) is 12.4 Å². The summed E-state index contributed by atoms with van der Waals surface area (Å²) in [6.07, 6.45) is 5.82. The fraction of sp³-hybridized carbons (Fsp3) is 0.385. The Balaban J connectivity index is 0.000000299. The first-order chi connectivity index (χ1) is 17.0. The molecule has 0 radical (unpaired) electrons. The minimum absolute atomic E-state index is 0. The number of hydrogen-bond donors (Lipinski definition) is 3. The molecule has 2 aromatic carbocycles. The van der Waals surface area contributed by atoms with Gasteiger partial charge in [-0.25, -0.2) is 4.98 Å². The maximum absolute atomic E-state index is 12.2. The fourth-order valence-corrected chi connectivity index (χ4v) is 3.99. The third-order valence-corrected chi connectivity index (χ3v) is 5.93. The first kappa shape index (κ1) is 29.8. The van der Waals surface area contributed by atoms with Gasteiger partial charge in [0.05, 0.1) is 25.2 Å². The van der Waals surface area contributed by atoms with Gasteiger partial charge in [-0.1, -0.05) is 35.3 Å². The lowest BCUT2D eigenvalue weighted by atomic mass is 9.89. The number of imidazole rings is 1. The number of aromatic amines is 1. The van der Waals surface area contributed by atoms with Crippen LogP contribution in [0.5, 0.6) is 11.5 Å². The number of fused-ring (bicyclic) bond motifs is 1. The number of aromatic nitrogens is 2. The zero-order valence-corrected chi connectivity index (χ0v) is 22.4. The number of ether oxygens (including phenoxy) is 2. The minimum Gasteiger partial charge on any atom is -0.493 e. The molecule has 0 spiro atoms. The van der Waals surface area contributed by atoms with Crippen molar-refractivity contribution in [3.63, 3.8) is 0 Å². The molecule has 1 atom stereocenters. The average molecular weight is 556 g/mol. The summed E-state index contributed by atoms with van der Waals surface area (Å²) in [7, 11) is 0. The normalized spacial score (nSPS) is 13.9. The van der Waals surface area contributed by atoms with Gasteiger partial charge in [0.15, 0.2) is 0 Å². The molecule has 10 heteroatoms. The molecule has 196 valence electrons. The van der Waals surface area contributed by atoms with Crippen LogP contribution in [-0.2, 0) is 17.6 Å². The monoisotopic (exact) mass is 554 g/mol. The van der Waals surface area contributed by atoms with Crippen LogP contribution in [0.1, 0.15) is 30.7 Å². The van der Waals surface area contributed by atoms with E-state index in [9.17, 15) is 4.79 Å². The van der Waals surface area contributed by atoms with E-state index < -0.39 is 0 Å². The Morgan fingerprint density at radius 1 is 1.06 bits per heavy atom. The van der Waals surface area contributed by atoms with Gasteiger partial charge in [-0.3, -0.25) is 4.79 Å². The first-order valence-electron chi connectivity index (χ1n) is 11.8. The molecular weight excluding hydrogens is 523 g/mol. The number of benzene rings is 2. The van der Waals surface area contributed by atoms with Crippen molar-refractivity contribution in [2.45, 2.75) is 32.1 Å². The topological polar surface area (TPSA) is 102 Å². The van der Waals surface area contributed by atoms with Crippen LogP contribution in [0.4, 0.5) is 0 Å². The van der Waals surface area contributed by atoms with Gasteiger partial charge in [0, 0.05) is 34.6 Å². The van der Waals surface area contributed by atoms with E-state index in [4.69, 9.17) is 38.4 Å². The molecule has 4 rings (SSSR count). The molecule has 0 aliphatic heterocycles. The van der Waals surface area contributed by atoms with Crippen LogP contribution in [0.2, 0.25) is 10.0 Å². The number of rotatable bonds is 10. The quantitative estimate of drug-likeness (QED) is 0.297. The standard InChI is InChI=1S/C17H20ClN3O2.C9H12ClNO.ClH/c18-13-3-1-4-14(10-13)23-8-2-7-19-17(22)12-5-6-15-16(9-12)21-11-20-15;10-8-3-1-4-9(7-8)12-6-2-5-11;/h1,3-4,10-12H,2,5-9H2,(H,19,22)(H,20,21);1,3-4,7H,2,5-6,11H2;1H. The Hall–Kier alpha value is -2.45. The SMILES string of the molecule is Cl.NCCCOc1cccc(Cl)c1.O=C(NCCCOc1cccc(Cl)c1)C1CCc2nc[nH]c2C1. The molecule has 1 amide bonds. The smallest absolute Gasteiger partial charge is 0.223 e. The van der Waals surface area contributed by atoms with E-state index >= 15 is 0 Å². The molecular formula is C26H33Cl3N4O3. The van der Waals surface area contributed by atoms with Gasteiger partial charge in [0.1, 0.15) is 11.5 Å². The number of halogens is 3. The van der Waals surface area contributed by atoms with Crippen molar-refractivity contribution < 1.29 is 14.3 Å². The highest BCUT2D eigenvalue weighted by molar-refractivity contribution is 6.31. The summed E-state index contributed by atoms with van der Waals surface area (Å²) in [5, 5.41) is 4.35. The van der Waals surface area contributed by atoms with Gasteiger partial charge in [0.25, 0.3) is 0 Å². The van der Waals surface area contributed by atoms with Crippen molar-refractivity contribution in [1.29, 1.82) is 0 Å². The zero-order chi connectivity index (χ0) is 24.9. The van der Waals surface area contributed by atoms with E-state index in [0.29, 0.717) is 36.3 Å². The van der Waals surface area contributed by atoms with E-state index in [1.165, 1.54) is 0 Å². The van der Waals surface area contributed by atoms with E-state index in [1.54, 1.807) is 18.5 Å². The molecule has 1 aliphatic carbocycles. The average Bonchev–Trinajstić information content (AvgIpc) is 3.32. The van der Waals surface area contributed by atoms with Gasteiger partial charge in [0.2, 0.25) is 5.91 Å². The summed E-state index contributed by atoms with van der Waals surface area (Å²) in [4.78, 5) is 19.6.